The number of anilines is 1. The number of rotatable bonds is 7. The molecular formula is C22H27Cl2N3OS. The van der Waals surface area contributed by atoms with Crippen molar-refractivity contribution in [2.24, 2.45) is 0 Å². The maximum atomic E-state index is 13.5. The van der Waals surface area contributed by atoms with Crippen molar-refractivity contribution in [2.45, 2.75) is 27.7 Å². The van der Waals surface area contributed by atoms with Gasteiger partial charge in [0.05, 0.1) is 9.72 Å². The number of aryl methyl sites for hydroxylation is 2. The average molecular weight is 452 g/mol. The molecule has 4 nitrogen and oxygen atoms in total. The largest absolute Gasteiger partial charge is 0.302 e. The maximum absolute atomic E-state index is 13.5. The van der Waals surface area contributed by atoms with Crippen molar-refractivity contribution in [1.29, 1.82) is 0 Å². The smallest absolute Gasteiger partial charge is 0.260 e. The van der Waals surface area contributed by atoms with Crippen molar-refractivity contribution >= 4 is 56.6 Å². The standard InChI is InChI=1S/C22H26ClN3OS.ClH/c1-5-25(6-2)12-13-26(21(27)17-11-10-15(3)14-16(17)4)22-24-20-18(23)8-7-9-19(20)28-22;/h7-11,14H,5-6,12-13H2,1-4H3;1H. The zero-order chi connectivity index (χ0) is 20.3. The molecule has 0 radical (unpaired) electrons. The fraction of sp³-hybridized carbons (Fsp3) is 0.364. The number of fused-ring (bicyclic) bond motifs is 1. The molecule has 1 aromatic heterocycles. The van der Waals surface area contributed by atoms with E-state index in [1.165, 1.54) is 11.3 Å². The van der Waals surface area contributed by atoms with Crippen molar-refractivity contribution in [3.63, 3.8) is 0 Å². The summed E-state index contributed by atoms with van der Waals surface area (Å²) < 4.78 is 0.990. The minimum atomic E-state index is -0.0140. The second kappa shape index (κ2) is 10.4. The van der Waals surface area contributed by atoms with Gasteiger partial charge in [-0.25, -0.2) is 4.98 Å². The van der Waals surface area contributed by atoms with E-state index >= 15 is 0 Å². The normalized spacial score (nSPS) is 11.0. The van der Waals surface area contributed by atoms with Gasteiger partial charge in [-0.15, -0.1) is 12.4 Å². The topological polar surface area (TPSA) is 36.4 Å². The lowest BCUT2D eigenvalue weighted by Crippen LogP contribution is -2.39. The molecule has 0 N–H and O–H groups in total. The van der Waals surface area contributed by atoms with Crippen molar-refractivity contribution in [1.82, 2.24) is 9.88 Å². The second-order valence-corrected chi connectivity index (χ2v) is 8.30. The lowest BCUT2D eigenvalue weighted by molar-refractivity contribution is 0.0983. The van der Waals surface area contributed by atoms with Crippen LogP contribution in [0.5, 0.6) is 0 Å². The van der Waals surface area contributed by atoms with E-state index in [-0.39, 0.29) is 18.3 Å². The SMILES string of the molecule is CCN(CC)CCN(C(=O)c1ccc(C)cc1C)c1nc2c(Cl)cccc2s1.Cl. The number of hydrogen-bond acceptors (Lipinski definition) is 4. The van der Waals surface area contributed by atoms with Gasteiger partial charge in [0.1, 0.15) is 5.52 Å². The van der Waals surface area contributed by atoms with Crippen LogP contribution in [0.4, 0.5) is 5.13 Å². The molecule has 0 aliphatic heterocycles. The Kier molecular flexibility index (Phi) is 8.46. The van der Waals surface area contributed by atoms with E-state index in [9.17, 15) is 4.79 Å². The summed E-state index contributed by atoms with van der Waals surface area (Å²) in [5.41, 5.74) is 3.61. The summed E-state index contributed by atoms with van der Waals surface area (Å²) in [6.07, 6.45) is 0. The number of amides is 1. The Morgan fingerprint density at radius 2 is 1.83 bits per heavy atom. The third kappa shape index (κ3) is 5.28. The van der Waals surface area contributed by atoms with E-state index in [0.29, 0.717) is 16.7 Å². The van der Waals surface area contributed by atoms with Gasteiger partial charge in [-0.1, -0.05) is 60.5 Å². The molecule has 156 valence electrons. The Morgan fingerprint density at radius 1 is 1.10 bits per heavy atom. The van der Waals surface area contributed by atoms with Gasteiger partial charge in [0.2, 0.25) is 0 Å². The van der Waals surface area contributed by atoms with Gasteiger partial charge in [-0.05, 0) is 50.7 Å². The summed E-state index contributed by atoms with van der Waals surface area (Å²) >= 11 is 7.83. The van der Waals surface area contributed by atoms with E-state index in [1.807, 2.05) is 50.2 Å². The first-order valence-corrected chi connectivity index (χ1v) is 10.8. The number of para-hydroxylation sites is 1. The predicted molar refractivity (Wildman–Crippen MR) is 127 cm³/mol. The fourth-order valence-corrected chi connectivity index (χ4v) is 4.57. The Balaban J connectivity index is 0.00000300. The summed E-state index contributed by atoms with van der Waals surface area (Å²) in [6.45, 7) is 11.6. The number of thiazole rings is 1. The maximum Gasteiger partial charge on any atom is 0.260 e. The first-order chi connectivity index (χ1) is 13.4. The van der Waals surface area contributed by atoms with Gasteiger partial charge >= 0.3 is 0 Å². The molecule has 0 aliphatic carbocycles. The molecule has 3 rings (SSSR count). The number of carbonyl (C=O) groups is 1. The number of benzene rings is 2. The Bertz CT molecular complexity index is 985. The van der Waals surface area contributed by atoms with E-state index < -0.39 is 0 Å². The van der Waals surface area contributed by atoms with Crippen molar-refractivity contribution in [3.05, 3.63) is 58.1 Å². The number of hydrogen-bond donors (Lipinski definition) is 0. The van der Waals surface area contributed by atoms with E-state index in [0.717, 1.165) is 46.5 Å². The summed E-state index contributed by atoms with van der Waals surface area (Å²) in [5.74, 6) is -0.0140. The van der Waals surface area contributed by atoms with Crippen LogP contribution < -0.4 is 4.90 Å². The third-order valence-electron chi connectivity index (χ3n) is 4.98. The van der Waals surface area contributed by atoms with E-state index in [4.69, 9.17) is 16.6 Å². The van der Waals surface area contributed by atoms with Crippen LogP contribution in [0.1, 0.15) is 35.3 Å². The van der Waals surface area contributed by atoms with Crippen LogP contribution in [0, 0.1) is 13.8 Å². The summed E-state index contributed by atoms with van der Waals surface area (Å²) in [5, 5.41) is 1.31. The first kappa shape index (κ1) is 23.6. The lowest BCUT2D eigenvalue weighted by Gasteiger charge is -2.25. The zero-order valence-corrected chi connectivity index (χ0v) is 19.6. The fourth-order valence-electron chi connectivity index (χ4n) is 3.28. The molecule has 0 saturated heterocycles. The van der Waals surface area contributed by atoms with Gasteiger partial charge in [0.15, 0.2) is 5.13 Å². The molecule has 0 saturated carbocycles. The molecule has 7 heteroatoms. The molecule has 3 aromatic rings. The molecule has 0 unspecified atom stereocenters. The molecule has 29 heavy (non-hydrogen) atoms. The van der Waals surface area contributed by atoms with Crippen LogP contribution in [0.25, 0.3) is 10.2 Å². The Hall–Kier alpha value is -1.66. The number of carbonyl (C=O) groups excluding carboxylic acids is 1. The van der Waals surface area contributed by atoms with Crippen molar-refractivity contribution in [3.8, 4) is 0 Å². The second-order valence-electron chi connectivity index (χ2n) is 6.89. The number of likely N-dealkylation sites (N-methyl/N-ethyl adjacent to an activating group) is 1. The minimum Gasteiger partial charge on any atom is -0.302 e. The van der Waals surface area contributed by atoms with Gasteiger partial charge in [-0.3, -0.25) is 9.69 Å². The number of halogens is 2. The molecular weight excluding hydrogens is 425 g/mol. The van der Waals surface area contributed by atoms with Crippen LogP contribution in [0.3, 0.4) is 0 Å². The van der Waals surface area contributed by atoms with Crippen molar-refractivity contribution in [2.75, 3.05) is 31.1 Å². The van der Waals surface area contributed by atoms with Crippen LogP contribution in [-0.2, 0) is 0 Å². The highest BCUT2D eigenvalue weighted by Crippen LogP contribution is 2.33. The quantitative estimate of drug-likeness (QED) is 0.443. The molecule has 0 fully saturated rings. The monoisotopic (exact) mass is 451 g/mol. The van der Waals surface area contributed by atoms with Crippen LogP contribution in [-0.4, -0.2) is 42.0 Å². The van der Waals surface area contributed by atoms with Crippen LogP contribution in [0.15, 0.2) is 36.4 Å². The van der Waals surface area contributed by atoms with E-state index in [2.05, 4.69) is 18.7 Å². The lowest BCUT2D eigenvalue weighted by atomic mass is 10.0. The highest BCUT2D eigenvalue weighted by Gasteiger charge is 2.23. The summed E-state index contributed by atoms with van der Waals surface area (Å²) in [6, 6.07) is 11.7. The number of aromatic nitrogens is 1. The number of nitrogens with zero attached hydrogens (tertiary/aromatic N) is 3. The zero-order valence-electron chi connectivity index (χ0n) is 17.2. The van der Waals surface area contributed by atoms with Gasteiger partial charge in [-0.2, -0.15) is 0 Å². The molecule has 2 aromatic carbocycles. The summed E-state index contributed by atoms with van der Waals surface area (Å²) in [4.78, 5) is 22.3. The first-order valence-electron chi connectivity index (χ1n) is 9.61. The predicted octanol–water partition coefficient (Wildman–Crippen LogP) is 5.98. The Labute approximate surface area is 187 Å². The van der Waals surface area contributed by atoms with Crippen LogP contribution >= 0.6 is 35.3 Å². The van der Waals surface area contributed by atoms with E-state index in [1.54, 1.807) is 4.90 Å². The molecule has 1 amide bonds. The van der Waals surface area contributed by atoms with Gasteiger partial charge < -0.3 is 4.90 Å². The van der Waals surface area contributed by atoms with Crippen LogP contribution in [0.2, 0.25) is 5.02 Å². The minimum absolute atomic E-state index is 0. The third-order valence-corrected chi connectivity index (χ3v) is 6.33. The molecule has 0 bridgehead atoms. The molecule has 0 atom stereocenters. The molecule has 0 spiro atoms. The van der Waals surface area contributed by atoms with Gasteiger partial charge in [0, 0.05) is 18.7 Å². The average Bonchev–Trinajstić information content (AvgIpc) is 3.10. The Morgan fingerprint density at radius 3 is 2.45 bits per heavy atom. The van der Waals surface area contributed by atoms with Crippen molar-refractivity contribution < 1.29 is 4.79 Å². The molecule has 1 heterocycles. The highest BCUT2D eigenvalue weighted by molar-refractivity contribution is 7.22. The highest BCUT2D eigenvalue weighted by atomic mass is 35.5. The molecule has 0 aliphatic rings. The van der Waals surface area contributed by atoms with Gasteiger partial charge in [0.25, 0.3) is 5.91 Å². The summed E-state index contributed by atoms with van der Waals surface area (Å²) in [7, 11) is 0.